The summed E-state index contributed by atoms with van der Waals surface area (Å²) in [5.41, 5.74) is 2.58. The van der Waals surface area contributed by atoms with Crippen molar-refractivity contribution < 1.29 is 18.0 Å². The summed E-state index contributed by atoms with van der Waals surface area (Å²) in [6.45, 7) is 5.67. The monoisotopic (exact) mass is 308 g/mol. The first-order valence-corrected chi connectivity index (χ1v) is 6.61. The van der Waals surface area contributed by atoms with Gasteiger partial charge in [-0.3, -0.25) is 9.78 Å². The van der Waals surface area contributed by atoms with E-state index in [-0.39, 0.29) is 5.56 Å². The molecule has 0 spiro atoms. The molecule has 2 aromatic rings. The molecule has 116 valence electrons. The minimum atomic E-state index is -4.51. The molecular formula is C16H15F3N2O. The molecule has 3 nitrogen and oxygen atoms in total. The molecule has 0 aliphatic rings. The van der Waals surface area contributed by atoms with Gasteiger partial charge in [-0.2, -0.15) is 13.2 Å². The van der Waals surface area contributed by atoms with Crippen molar-refractivity contribution in [3.63, 3.8) is 0 Å². The highest BCUT2D eigenvalue weighted by molar-refractivity contribution is 6.04. The second-order valence-corrected chi connectivity index (χ2v) is 5.16. The van der Waals surface area contributed by atoms with Crippen LogP contribution in [0.1, 0.15) is 32.7 Å². The predicted octanol–water partition coefficient (Wildman–Crippen LogP) is 4.28. The van der Waals surface area contributed by atoms with Gasteiger partial charge < -0.3 is 5.32 Å². The molecule has 0 fully saturated rings. The lowest BCUT2D eigenvalue weighted by Crippen LogP contribution is -2.15. The van der Waals surface area contributed by atoms with Gasteiger partial charge >= 0.3 is 6.18 Å². The van der Waals surface area contributed by atoms with Gasteiger partial charge in [-0.05, 0) is 44.0 Å². The Bertz CT molecular complexity index is 683. The summed E-state index contributed by atoms with van der Waals surface area (Å²) >= 11 is 0. The molecule has 0 aliphatic carbocycles. The summed E-state index contributed by atoms with van der Waals surface area (Å²) < 4.78 is 37.3. The highest BCUT2D eigenvalue weighted by atomic mass is 19.4. The smallest absolute Gasteiger partial charge is 0.321 e. The number of carbonyl (C=O) groups excluding carboxylic acids is 1. The summed E-state index contributed by atoms with van der Waals surface area (Å²) in [4.78, 5) is 15.4. The highest BCUT2D eigenvalue weighted by Gasteiger charge is 2.32. The number of pyridine rings is 1. The molecule has 6 heteroatoms. The number of benzene rings is 1. The van der Waals surface area contributed by atoms with Crippen LogP contribution in [-0.2, 0) is 6.18 Å². The standard InChI is InChI=1S/C16H15F3N2O/c1-9-6-10(2)14(11(3)7-9)21-15(22)12-4-5-13(20-8-12)16(17,18)19/h4-8H,1-3H3,(H,21,22). The average molecular weight is 308 g/mol. The van der Waals surface area contributed by atoms with Crippen molar-refractivity contribution in [1.82, 2.24) is 4.98 Å². The Morgan fingerprint density at radius 2 is 1.68 bits per heavy atom. The van der Waals surface area contributed by atoms with Crippen molar-refractivity contribution in [1.29, 1.82) is 0 Å². The van der Waals surface area contributed by atoms with Crippen LogP contribution in [0.15, 0.2) is 30.5 Å². The largest absolute Gasteiger partial charge is 0.433 e. The molecule has 1 N–H and O–H groups in total. The molecule has 0 bridgehead atoms. The zero-order valence-corrected chi connectivity index (χ0v) is 12.4. The number of alkyl halides is 3. The van der Waals surface area contributed by atoms with E-state index >= 15 is 0 Å². The zero-order valence-electron chi connectivity index (χ0n) is 12.4. The number of hydrogen-bond acceptors (Lipinski definition) is 2. The first-order valence-electron chi connectivity index (χ1n) is 6.61. The maximum Gasteiger partial charge on any atom is 0.433 e. The molecule has 1 amide bonds. The average Bonchev–Trinajstić information content (AvgIpc) is 2.41. The van der Waals surface area contributed by atoms with E-state index in [1.54, 1.807) is 0 Å². The van der Waals surface area contributed by atoms with E-state index in [0.717, 1.165) is 35.0 Å². The summed E-state index contributed by atoms with van der Waals surface area (Å²) in [6.07, 6.45) is -3.59. The molecule has 1 heterocycles. The lowest BCUT2D eigenvalue weighted by molar-refractivity contribution is -0.141. The van der Waals surface area contributed by atoms with Crippen LogP contribution in [0.3, 0.4) is 0 Å². The van der Waals surface area contributed by atoms with Gasteiger partial charge in [0.2, 0.25) is 0 Å². The van der Waals surface area contributed by atoms with Gasteiger partial charge in [-0.1, -0.05) is 17.7 Å². The number of aromatic nitrogens is 1. The third-order valence-corrected chi connectivity index (χ3v) is 3.23. The summed E-state index contributed by atoms with van der Waals surface area (Å²) in [7, 11) is 0. The second-order valence-electron chi connectivity index (χ2n) is 5.16. The maximum absolute atomic E-state index is 12.4. The third kappa shape index (κ3) is 3.44. The highest BCUT2D eigenvalue weighted by Crippen LogP contribution is 2.27. The molecule has 22 heavy (non-hydrogen) atoms. The van der Waals surface area contributed by atoms with E-state index in [1.807, 2.05) is 32.9 Å². The van der Waals surface area contributed by atoms with E-state index in [2.05, 4.69) is 10.3 Å². The van der Waals surface area contributed by atoms with Gasteiger partial charge in [0.1, 0.15) is 5.69 Å². The third-order valence-electron chi connectivity index (χ3n) is 3.23. The van der Waals surface area contributed by atoms with E-state index in [9.17, 15) is 18.0 Å². The van der Waals surface area contributed by atoms with Crippen LogP contribution in [0.2, 0.25) is 0 Å². The van der Waals surface area contributed by atoms with E-state index < -0.39 is 17.8 Å². The number of hydrogen-bond donors (Lipinski definition) is 1. The second kappa shape index (κ2) is 5.79. The maximum atomic E-state index is 12.4. The van der Waals surface area contributed by atoms with Crippen LogP contribution in [0, 0.1) is 20.8 Å². The Morgan fingerprint density at radius 1 is 1.09 bits per heavy atom. The lowest BCUT2D eigenvalue weighted by Gasteiger charge is -2.13. The molecule has 0 saturated carbocycles. The van der Waals surface area contributed by atoms with Crippen molar-refractivity contribution in [2.75, 3.05) is 5.32 Å². The number of halogens is 3. The number of rotatable bonds is 2. The van der Waals surface area contributed by atoms with E-state index in [4.69, 9.17) is 0 Å². The normalized spacial score (nSPS) is 11.4. The van der Waals surface area contributed by atoms with Crippen LogP contribution in [0.5, 0.6) is 0 Å². The molecule has 0 unspecified atom stereocenters. The summed E-state index contributed by atoms with van der Waals surface area (Å²) in [5, 5.41) is 2.72. The van der Waals surface area contributed by atoms with Crippen molar-refractivity contribution in [2.45, 2.75) is 26.9 Å². The van der Waals surface area contributed by atoms with Gasteiger partial charge in [-0.15, -0.1) is 0 Å². The summed E-state index contributed by atoms with van der Waals surface area (Å²) in [6, 6.07) is 5.76. The number of aryl methyl sites for hydroxylation is 3. The van der Waals surface area contributed by atoms with Gasteiger partial charge in [-0.25, -0.2) is 0 Å². The van der Waals surface area contributed by atoms with Crippen LogP contribution in [0.25, 0.3) is 0 Å². The number of anilines is 1. The Kier molecular flexibility index (Phi) is 4.21. The fourth-order valence-corrected chi connectivity index (χ4v) is 2.26. The molecular weight excluding hydrogens is 293 g/mol. The fraction of sp³-hybridized carbons (Fsp3) is 0.250. The molecule has 1 aromatic carbocycles. The lowest BCUT2D eigenvalue weighted by atomic mass is 10.0. The molecule has 0 saturated heterocycles. The molecule has 1 aromatic heterocycles. The van der Waals surface area contributed by atoms with Crippen LogP contribution >= 0.6 is 0 Å². The first kappa shape index (κ1) is 16.0. The van der Waals surface area contributed by atoms with Crippen molar-refractivity contribution in [3.8, 4) is 0 Å². The quantitative estimate of drug-likeness (QED) is 0.900. The predicted molar refractivity (Wildman–Crippen MR) is 77.8 cm³/mol. The fourth-order valence-electron chi connectivity index (χ4n) is 2.26. The van der Waals surface area contributed by atoms with Gasteiger partial charge in [0.05, 0.1) is 5.56 Å². The topological polar surface area (TPSA) is 42.0 Å². The van der Waals surface area contributed by atoms with Crippen LogP contribution in [0.4, 0.5) is 18.9 Å². The van der Waals surface area contributed by atoms with Crippen molar-refractivity contribution in [2.24, 2.45) is 0 Å². The van der Waals surface area contributed by atoms with E-state index in [0.29, 0.717) is 5.69 Å². The summed E-state index contributed by atoms with van der Waals surface area (Å²) in [5.74, 6) is -0.490. The minimum Gasteiger partial charge on any atom is -0.321 e. The Hall–Kier alpha value is -2.37. The van der Waals surface area contributed by atoms with Crippen LogP contribution in [-0.4, -0.2) is 10.9 Å². The zero-order chi connectivity index (χ0) is 16.5. The van der Waals surface area contributed by atoms with Gasteiger partial charge in [0, 0.05) is 11.9 Å². The SMILES string of the molecule is Cc1cc(C)c(NC(=O)c2ccc(C(F)(F)F)nc2)c(C)c1. The number of nitrogens with one attached hydrogen (secondary N) is 1. The van der Waals surface area contributed by atoms with Crippen LogP contribution < -0.4 is 5.32 Å². The first-order chi connectivity index (χ1) is 10.2. The Morgan fingerprint density at radius 3 is 2.14 bits per heavy atom. The number of amides is 1. The van der Waals surface area contributed by atoms with Crippen molar-refractivity contribution in [3.05, 3.63) is 58.4 Å². The van der Waals surface area contributed by atoms with Crippen molar-refractivity contribution >= 4 is 11.6 Å². The molecule has 0 atom stereocenters. The van der Waals surface area contributed by atoms with Gasteiger partial charge in [0.25, 0.3) is 5.91 Å². The molecule has 0 aliphatic heterocycles. The van der Waals surface area contributed by atoms with E-state index in [1.165, 1.54) is 0 Å². The number of nitrogens with zero attached hydrogens (tertiary/aromatic N) is 1. The molecule has 0 radical (unpaired) electrons. The Balaban J connectivity index is 2.23. The minimum absolute atomic E-state index is 0.0763. The Labute approximate surface area is 126 Å². The molecule has 2 rings (SSSR count). The number of carbonyl (C=O) groups is 1. The van der Waals surface area contributed by atoms with Gasteiger partial charge in [0.15, 0.2) is 0 Å².